The molecule has 1 aliphatic rings. The van der Waals surface area contributed by atoms with Crippen molar-refractivity contribution in [2.24, 2.45) is 0 Å². The van der Waals surface area contributed by atoms with Gasteiger partial charge in [-0.1, -0.05) is 18.2 Å². The van der Waals surface area contributed by atoms with Crippen LogP contribution in [0.3, 0.4) is 0 Å². The van der Waals surface area contributed by atoms with Crippen LogP contribution >= 0.6 is 0 Å². The number of anilines is 1. The predicted molar refractivity (Wildman–Crippen MR) is 119 cm³/mol. The van der Waals surface area contributed by atoms with E-state index in [9.17, 15) is 4.79 Å². The van der Waals surface area contributed by atoms with E-state index in [1.165, 1.54) is 6.33 Å². The molecule has 1 amide bonds. The van der Waals surface area contributed by atoms with Crippen LogP contribution < -0.4 is 10.5 Å². The average molecular weight is 613 g/mol. The minimum absolute atomic E-state index is 0. The van der Waals surface area contributed by atoms with E-state index in [1.807, 2.05) is 41.1 Å². The van der Waals surface area contributed by atoms with Gasteiger partial charge in [-0.3, -0.25) is 6.58 Å². The molecule has 1 radical (unpaired) electrons. The number of pyridine rings is 1. The zero-order chi connectivity index (χ0) is 22.1. The number of nitrogens with two attached hydrogens (primary N) is 1. The van der Waals surface area contributed by atoms with E-state index >= 15 is 0 Å². The molecule has 1 atom stereocenters. The number of rotatable bonds is 5. The summed E-state index contributed by atoms with van der Waals surface area (Å²) in [7, 11) is 0. The Morgan fingerprint density at radius 2 is 1.97 bits per heavy atom. The number of aromatic nitrogens is 5. The van der Waals surface area contributed by atoms with Crippen LogP contribution in [0.25, 0.3) is 22.3 Å². The maximum absolute atomic E-state index is 11.9. The van der Waals surface area contributed by atoms with Crippen molar-refractivity contribution in [3.8, 4) is 22.9 Å². The van der Waals surface area contributed by atoms with Gasteiger partial charge in [0.1, 0.15) is 23.6 Å². The largest absolute Gasteiger partial charge is 0.439 e. The van der Waals surface area contributed by atoms with E-state index in [4.69, 9.17) is 22.1 Å². The SMILES string of the molecule is [CH-]=CC(=O)N1CC[C@@H](n2nc(-c3ccc(Oc4ccccc4)nc3)c3c(N)ncnc32)C1.[Re]. The monoisotopic (exact) mass is 613 g/mol. The Balaban J connectivity index is 0.00000259. The summed E-state index contributed by atoms with van der Waals surface area (Å²) in [5, 5.41) is 5.46. The van der Waals surface area contributed by atoms with Gasteiger partial charge in [0.25, 0.3) is 0 Å². The molecular weight excluding hydrogens is 593 g/mol. The number of fused-ring (bicyclic) bond motifs is 1. The third kappa shape index (κ3) is 4.35. The molecule has 1 aromatic carbocycles. The molecular formula is C23H20N7O2Re-. The zero-order valence-corrected chi connectivity index (χ0v) is 20.2. The number of hydrogen-bond acceptors (Lipinski definition) is 7. The Bertz CT molecular complexity index is 1290. The number of carbonyl (C=O) groups is 1. The second-order valence-corrected chi connectivity index (χ2v) is 7.44. The normalized spacial score (nSPS) is 15.3. The average Bonchev–Trinajstić information content (AvgIpc) is 3.46. The summed E-state index contributed by atoms with van der Waals surface area (Å²) in [4.78, 5) is 26.6. The summed E-state index contributed by atoms with van der Waals surface area (Å²) >= 11 is 0. The topological polar surface area (TPSA) is 112 Å². The maximum Gasteiger partial charge on any atom is 0.219 e. The molecule has 5 rings (SSSR count). The summed E-state index contributed by atoms with van der Waals surface area (Å²) in [6, 6.07) is 13.0. The van der Waals surface area contributed by atoms with Gasteiger partial charge in [0, 0.05) is 51.3 Å². The Kier molecular flexibility index (Phi) is 6.49. The third-order valence-electron chi connectivity index (χ3n) is 5.46. The molecule has 3 aromatic heterocycles. The molecule has 0 unspecified atom stereocenters. The van der Waals surface area contributed by atoms with Crippen molar-refractivity contribution in [2.75, 3.05) is 18.8 Å². The minimum atomic E-state index is -0.198. The van der Waals surface area contributed by atoms with E-state index < -0.39 is 0 Å². The molecule has 0 aliphatic carbocycles. The number of amides is 1. The fourth-order valence-corrected chi connectivity index (χ4v) is 3.89. The van der Waals surface area contributed by atoms with Gasteiger partial charge in [0.15, 0.2) is 5.65 Å². The van der Waals surface area contributed by atoms with Crippen LogP contribution in [-0.4, -0.2) is 48.6 Å². The van der Waals surface area contributed by atoms with Gasteiger partial charge in [0.05, 0.1) is 17.3 Å². The van der Waals surface area contributed by atoms with Gasteiger partial charge in [0.2, 0.25) is 5.88 Å². The van der Waals surface area contributed by atoms with Crippen molar-refractivity contribution in [3.05, 3.63) is 67.6 Å². The van der Waals surface area contributed by atoms with Crippen LogP contribution in [0.15, 0.2) is 61.1 Å². The molecule has 4 aromatic rings. The van der Waals surface area contributed by atoms with Gasteiger partial charge < -0.3 is 20.2 Å². The van der Waals surface area contributed by atoms with Gasteiger partial charge >= 0.3 is 0 Å². The fourth-order valence-electron chi connectivity index (χ4n) is 3.89. The summed E-state index contributed by atoms with van der Waals surface area (Å²) in [5.41, 5.74) is 8.21. The van der Waals surface area contributed by atoms with E-state index in [0.29, 0.717) is 47.3 Å². The summed E-state index contributed by atoms with van der Waals surface area (Å²) in [5.74, 6) is 1.31. The van der Waals surface area contributed by atoms with Crippen molar-refractivity contribution in [2.45, 2.75) is 12.5 Å². The van der Waals surface area contributed by atoms with Crippen LogP contribution in [0, 0.1) is 6.58 Å². The van der Waals surface area contributed by atoms with E-state index in [1.54, 1.807) is 17.2 Å². The molecule has 10 heteroatoms. The molecule has 2 N–H and O–H groups in total. The first-order chi connectivity index (χ1) is 15.6. The van der Waals surface area contributed by atoms with E-state index in [-0.39, 0.29) is 32.4 Å². The second kappa shape index (κ2) is 9.49. The van der Waals surface area contributed by atoms with Crippen LogP contribution in [0.2, 0.25) is 0 Å². The first-order valence-electron chi connectivity index (χ1n) is 10.2. The number of para-hydroxylation sites is 1. The Morgan fingerprint density at radius 3 is 2.70 bits per heavy atom. The summed E-state index contributed by atoms with van der Waals surface area (Å²) in [6.45, 7) is 6.49. The molecule has 0 spiro atoms. The van der Waals surface area contributed by atoms with Crippen molar-refractivity contribution < 1.29 is 30.0 Å². The molecule has 167 valence electrons. The van der Waals surface area contributed by atoms with Gasteiger partial charge in [-0.2, -0.15) is 11.2 Å². The number of likely N-dealkylation sites (tertiary alicyclic amines) is 1. The smallest absolute Gasteiger partial charge is 0.219 e. The molecule has 1 aliphatic heterocycles. The predicted octanol–water partition coefficient (Wildman–Crippen LogP) is 3.02. The van der Waals surface area contributed by atoms with Crippen molar-refractivity contribution >= 4 is 22.8 Å². The number of hydrogen-bond donors (Lipinski definition) is 1. The van der Waals surface area contributed by atoms with Crippen LogP contribution in [0.1, 0.15) is 12.5 Å². The molecule has 1 fully saturated rings. The molecule has 33 heavy (non-hydrogen) atoms. The van der Waals surface area contributed by atoms with E-state index in [2.05, 4.69) is 15.0 Å². The number of nitrogens with zero attached hydrogens (tertiary/aromatic N) is 6. The van der Waals surface area contributed by atoms with Crippen LogP contribution in [0.4, 0.5) is 5.82 Å². The molecule has 9 nitrogen and oxygen atoms in total. The van der Waals surface area contributed by atoms with Crippen molar-refractivity contribution in [1.29, 1.82) is 0 Å². The molecule has 0 bridgehead atoms. The van der Waals surface area contributed by atoms with Crippen molar-refractivity contribution in [3.63, 3.8) is 0 Å². The quantitative estimate of drug-likeness (QED) is 0.273. The Hall–Kier alpha value is -3.61. The van der Waals surface area contributed by atoms with Gasteiger partial charge in [-0.15, -0.1) is 0 Å². The number of benzene rings is 1. The van der Waals surface area contributed by atoms with Crippen molar-refractivity contribution in [1.82, 2.24) is 29.6 Å². The van der Waals surface area contributed by atoms with Gasteiger partial charge in [-0.25, -0.2) is 19.6 Å². The number of ether oxygens (including phenoxy) is 1. The standard InChI is InChI=1S/C23H20N7O2.Re/c1-2-19(31)29-11-10-16(13-29)30-23-20(22(24)26-14-27-23)21(28-30)15-8-9-18(25-12-15)32-17-6-4-3-5-7-17;/h1-9,12,14,16H,10-11,13H2,(H2,24,26,27);/q-1;/t16-;/m1./s1. The Labute approximate surface area is 204 Å². The molecule has 1 saturated heterocycles. The first kappa shape index (κ1) is 22.6. The van der Waals surface area contributed by atoms with E-state index in [0.717, 1.165) is 18.1 Å². The first-order valence-corrected chi connectivity index (χ1v) is 10.2. The van der Waals surface area contributed by atoms with Crippen LogP contribution in [-0.2, 0) is 25.2 Å². The minimum Gasteiger partial charge on any atom is -0.439 e. The summed E-state index contributed by atoms with van der Waals surface area (Å²) in [6.07, 6.45) is 4.92. The fraction of sp³-hybridized carbons (Fsp3) is 0.174. The van der Waals surface area contributed by atoms with Gasteiger partial charge in [-0.05, 0) is 24.6 Å². The van der Waals surface area contributed by atoms with Crippen LogP contribution in [0.5, 0.6) is 11.6 Å². The maximum atomic E-state index is 11.9. The zero-order valence-electron chi connectivity index (χ0n) is 17.5. The third-order valence-corrected chi connectivity index (χ3v) is 5.46. The molecule has 4 heterocycles. The number of nitrogen functional groups attached to an aromatic ring is 1. The Morgan fingerprint density at radius 1 is 1.15 bits per heavy atom. The summed E-state index contributed by atoms with van der Waals surface area (Å²) < 4.78 is 7.60. The number of carbonyl (C=O) groups excluding carboxylic acids is 1. The second-order valence-electron chi connectivity index (χ2n) is 7.44. The molecule has 0 saturated carbocycles.